The standard InChI is InChI=1S/C27H44O3.C6H4N2O2/c1-19(2)8-6-9-21(4)24-13-14-25-22(10-7-16-26(24,25)5)11-12-23-18-27(28,30-29)17-15-20(23)3;1-2-4-3-7-6(10)8-5(4)9/h11-12,19,21,24-25,28-29H,3,6-10,13-18H2,1-2,4-5H3;1,3H,(H2,7,8,9,10)/b22-11?,23-12-;/t21-,24-,25?,26-,27+;/m1./s1. The predicted molar refractivity (Wildman–Crippen MR) is 159 cm³/mol. The zero-order chi connectivity index (χ0) is 29.5. The van der Waals surface area contributed by atoms with Crippen LogP contribution in [0.3, 0.4) is 0 Å². The van der Waals surface area contributed by atoms with E-state index in [1.54, 1.807) is 5.57 Å². The van der Waals surface area contributed by atoms with Crippen LogP contribution in [0.4, 0.5) is 0 Å². The van der Waals surface area contributed by atoms with Gasteiger partial charge in [0, 0.05) is 19.0 Å². The number of rotatable bonds is 7. The van der Waals surface area contributed by atoms with Gasteiger partial charge in [0.15, 0.2) is 0 Å². The van der Waals surface area contributed by atoms with Crippen molar-refractivity contribution in [2.75, 3.05) is 0 Å². The molecule has 7 heteroatoms. The average Bonchev–Trinajstić information content (AvgIpc) is 3.27. The summed E-state index contributed by atoms with van der Waals surface area (Å²) < 4.78 is 0. The Morgan fingerprint density at radius 3 is 2.60 bits per heavy atom. The van der Waals surface area contributed by atoms with Crippen molar-refractivity contribution in [3.05, 3.63) is 68.0 Å². The summed E-state index contributed by atoms with van der Waals surface area (Å²) >= 11 is 0. The number of H-pyrrole nitrogens is 2. The van der Waals surface area contributed by atoms with Crippen molar-refractivity contribution in [3.8, 4) is 12.3 Å². The first-order valence-electron chi connectivity index (χ1n) is 14.8. The summed E-state index contributed by atoms with van der Waals surface area (Å²) in [6.45, 7) is 13.9. The topological polar surface area (TPSA) is 115 Å². The Bertz CT molecular complexity index is 1250. The van der Waals surface area contributed by atoms with Crippen LogP contribution in [-0.2, 0) is 4.89 Å². The number of nitrogens with one attached hydrogen (secondary N) is 2. The van der Waals surface area contributed by atoms with Gasteiger partial charge in [-0.3, -0.25) is 9.78 Å². The third-order valence-electron chi connectivity index (χ3n) is 9.55. The highest BCUT2D eigenvalue weighted by Gasteiger charge is 2.50. The summed E-state index contributed by atoms with van der Waals surface area (Å²) in [4.78, 5) is 29.6. The molecule has 1 aromatic heterocycles. The molecule has 1 aromatic rings. The van der Waals surface area contributed by atoms with Gasteiger partial charge in [0.1, 0.15) is 5.56 Å². The Morgan fingerprint density at radius 1 is 1.20 bits per heavy atom. The molecule has 0 amide bonds. The number of hydrogen-bond acceptors (Lipinski definition) is 5. The predicted octanol–water partition coefficient (Wildman–Crippen LogP) is 6.48. The van der Waals surface area contributed by atoms with Gasteiger partial charge in [-0.15, -0.1) is 6.42 Å². The van der Waals surface area contributed by atoms with Crippen LogP contribution in [0.15, 0.2) is 51.2 Å². The van der Waals surface area contributed by atoms with E-state index in [0.29, 0.717) is 30.6 Å². The van der Waals surface area contributed by atoms with Crippen LogP contribution < -0.4 is 11.2 Å². The first-order valence-corrected chi connectivity index (χ1v) is 14.8. The van der Waals surface area contributed by atoms with Crippen LogP contribution in [0.2, 0.25) is 0 Å². The Hall–Kier alpha value is -2.66. The highest BCUT2D eigenvalue weighted by Crippen LogP contribution is 2.60. The molecular weight excluding hydrogens is 504 g/mol. The fraction of sp³-hybridized carbons (Fsp3) is 0.636. The van der Waals surface area contributed by atoms with Gasteiger partial charge in [0.25, 0.3) is 5.56 Å². The van der Waals surface area contributed by atoms with Crippen LogP contribution >= 0.6 is 0 Å². The first kappa shape index (κ1) is 31.9. The monoisotopic (exact) mass is 552 g/mol. The molecule has 4 N–H and O–H groups in total. The first-order chi connectivity index (χ1) is 18.9. The molecule has 220 valence electrons. The molecule has 3 aliphatic rings. The maximum Gasteiger partial charge on any atom is 0.325 e. The van der Waals surface area contributed by atoms with Crippen LogP contribution in [0.25, 0.3) is 0 Å². The zero-order valence-corrected chi connectivity index (χ0v) is 24.7. The fourth-order valence-corrected chi connectivity index (χ4v) is 7.26. The molecule has 3 aliphatic carbocycles. The molecule has 3 saturated carbocycles. The average molecular weight is 553 g/mol. The fourth-order valence-electron chi connectivity index (χ4n) is 7.26. The van der Waals surface area contributed by atoms with Gasteiger partial charge < -0.3 is 10.1 Å². The summed E-state index contributed by atoms with van der Waals surface area (Å²) in [5, 5.41) is 19.4. The Labute approximate surface area is 238 Å². The molecule has 0 bridgehead atoms. The summed E-state index contributed by atoms with van der Waals surface area (Å²) in [6, 6.07) is 0. The molecule has 0 spiro atoms. The van der Waals surface area contributed by atoms with E-state index < -0.39 is 17.0 Å². The number of aromatic amines is 2. The van der Waals surface area contributed by atoms with Crippen LogP contribution in [-0.4, -0.2) is 26.1 Å². The number of allylic oxidation sites excluding steroid dienone is 4. The largest absolute Gasteiger partial charge is 0.363 e. The molecule has 5 atom stereocenters. The van der Waals surface area contributed by atoms with E-state index in [2.05, 4.69) is 62.2 Å². The van der Waals surface area contributed by atoms with Crippen LogP contribution in [0, 0.1) is 41.4 Å². The Balaban J connectivity index is 0.000000371. The van der Waals surface area contributed by atoms with Gasteiger partial charge in [-0.1, -0.05) is 82.8 Å². The molecule has 0 aromatic carbocycles. The highest BCUT2D eigenvalue weighted by atomic mass is 17.1. The lowest BCUT2D eigenvalue weighted by atomic mass is 9.60. The quantitative estimate of drug-likeness (QED) is 0.134. The second-order valence-electron chi connectivity index (χ2n) is 12.8. The van der Waals surface area contributed by atoms with E-state index in [1.807, 2.05) is 4.98 Å². The molecule has 0 aliphatic heterocycles. The smallest absolute Gasteiger partial charge is 0.325 e. The van der Waals surface area contributed by atoms with Crippen molar-refractivity contribution in [2.24, 2.45) is 29.1 Å². The number of fused-ring (bicyclic) bond motifs is 1. The van der Waals surface area contributed by atoms with Crippen molar-refractivity contribution < 1.29 is 15.3 Å². The number of hydrogen-bond donors (Lipinski definition) is 4. The Morgan fingerprint density at radius 2 is 1.95 bits per heavy atom. The Kier molecular flexibility index (Phi) is 11.0. The zero-order valence-electron chi connectivity index (χ0n) is 24.7. The lowest BCUT2D eigenvalue weighted by Crippen LogP contribution is -2.36. The number of aromatic nitrogens is 2. The maximum absolute atomic E-state index is 10.7. The van der Waals surface area contributed by atoms with Crippen molar-refractivity contribution in [1.29, 1.82) is 0 Å². The maximum atomic E-state index is 10.7. The summed E-state index contributed by atoms with van der Waals surface area (Å²) in [7, 11) is 0. The van der Waals surface area contributed by atoms with E-state index in [9.17, 15) is 14.7 Å². The molecule has 3 fully saturated rings. The lowest BCUT2D eigenvalue weighted by Gasteiger charge is -2.44. The summed E-state index contributed by atoms with van der Waals surface area (Å²) in [6.07, 6.45) is 22.5. The van der Waals surface area contributed by atoms with Gasteiger partial charge in [0.2, 0.25) is 5.79 Å². The third-order valence-corrected chi connectivity index (χ3v) is 9.55. The minimum absolute atomic E-state index is 0.125. The van der Waals surface area contributed by atoms with E-state index in [-0.39, 0.29) is 5.56 Å². The highest BCUT2D eigenvalue weighted by molar-refractivity contribution is 5.37. The third kappa shape index (κ3) is 7.75. The van der Waals surface area contributed by atoms with Crippen molar-refractivity contribution in [1.82, 2.24) is 9.97 Å². The molecule has 1 unspecified atom stereocenters. The van der Waals surface area contributed by atoms with E-state index in [4.69, 9.17) is 11.7 Å². The van der Waals surface area contributed by atoms with Crippen LogP contribution in [0.1, 0.15) is 104 Å². The van der Waals surface area contributed by atoms with E-state index in [1.165, 1.54) is 57.6 Å². The van der Waals surface area contributed by atoms with E-state index in [0.717, 1.165) is 28.9 Å². The normalized spacial score (nSPS) is 31.0. The molecular formula is C33H48N2O5. The van der Waals surface area contributed by atoms with Gasteiger partial charge in [-0.05, 0) is 73.2 Å². The molecule has 7 nitrogen and oxygen atoms in total. The van der Waals surface area contributed by atoms with Crippen molar-refractivity contribution >= 4 is 0 Å². The van der Waals surface area contributed by atoms with Gasteiger partial charge in [0.05, 0.1) is 0 Å². The number of aliphatic hydroxyl groups is 1. The SMILES string of the molecule is C#Cc1c[nH]c(=O)[nH]c1=O.C=C1CC[C@](O)(OO)C/C1=C/C=C1CCC[C@@]2(C)C1CC[C@@H]2[C@H](C)CCCC(C)C. The second kappa shape index (κ2) is 13.8. The van der Waals surface area contributed by atoms with Gasteiger partial charge >= 0.3 is 5.69 Å². The van der Waals surface area contributed by atoms with Crippen molar-refractivity contribution in [2.45, 2.75) is 104 Å². The minimum atomic E-state index is -1.46. The van der Waals surface area contributed by atoms with Gasteiger partial charge in [-0.25, -0.2) is 14.9 Å². The summed E-state index contributed by atoms with van der Waals surface area (Å²) in [5.74, 6) is 3.79. The van der Waals surface area contributed by atoms with Crippen molar-refractivity contribution in [3.63, 3.8) is 0 Å². The van der Waals surface area contributed by atoms with Crippen LogP contribution in [0.5, 0.6) is 0 Å². The minimum Gasteiger partial charge on any atom is -0.363 e. The second-order valence-corrected chi connectivity index (χ2v) is 12.8. The van der Waals surface area contributed by atoms with Gasteiger partial charge in [-0.2, -0.15) is 0 Å². The molecule has 0 saturated heterocycles. The molecule has 1 heterocycles. The number of terminal acetylenes is 1. The lowest BCUT2D eigenvalue weighted by molar-refractivity contribution is -0.394. The van der Waals surface area contributed by atoms with E-state index >= 15 is 0 Å². The molecule has 0 radical (unpaired) electrons. The molecule has 4 rings (SSSR count). The summed E-state index contributed by atoms with van der Waals surface area (Å²) in [5.41, 5.74) is 3.11. The molecule has 40 heavy (non-hydrogen) atoms.